The lowest BCUT2D eigenvalue weighted by atomic mass is 9.89. The molecule has 0 saturated heterocycles. The second kappa shape index (κ2) is 12.0. The van der Waals surface area contributed by atoms with Crippen LogP contribution < -0.4 is 9.64 Å². The molecule has 7 nitrogen and oxygen atoms in total. The summed E-state index contributed by atoms with van der Waals surface area (Å²) < 4.78 is 6.34. The summed E-state index contributed by atoms with van der Waals surface area (Å²) in [6, 6.07) is 11.0. The number of hydrogen-bond donors (Lipinski definition) is 2. The Balaban J connectivity index is 1.54. The number of ether oxygens (including phenoxy) is 1. The fraction of sp³-hybridized carbons (Fsp3) is 0.484. The molecule has 8 heteroatoms. The van der Waals surface area contributed by atoms with Gasteiger partial charge in [0.2, 0.25) is 5.91 Å². The predicted octanol–water partition coefficient (Wildman–Crippen LogP) is 5.46. The number of carbonyl (C=O) groups is 2. The van der Waals surface area contributed by atoms with Crippen LogP contribution in [0.25, 0.3) is 0 Å². The maximum absolute atomic E-state index is 13.3. The van der Waals surface area contributed by atoms with E-state index in [-0.39, 0.29) is 17.5 Å². The minimum absolute atomic E-state index is 0.116. The maximum atomic E-state index is 13.3. The zero-order valence-electron chi connectivity index (χ0n) is 22.3. The number of rotatable bonds is 2. The van der Waals surface area contributed by atoms with Crippen molar-refractivity contribution in [3.63, 3.8) is 0 Å². The fourth-order valence-corrected chi connectivity index (χ4v) is 5.77. The van der Waals surface area contributed by atoms with E-state index in [1.54, 1.807) is 23.1 Å². The Morgan fingerprint density at radius 2 is 1.79 bits per heavy atom. The minimum atomic E-state index is -2.34. The van der Waals surface area contributed by atoms with Crippen molar-refractivity contribution in [2.45, 2.75) is 76.0 Å². The lowest BCUT2D eigenvalue weighted by Gasteiger charge is -2.31. The highest BCUT2D eigenvalue weighted by Crippen LogP contribution is 2.38. The molecule has 1 fully saturated rings. The number of nitrogens with zero attached hydrogens (tertiary/aromatic N) is 2. The predicted molar refractivity (Wildman–Crippen MR) is 151 cm³/mol. The van der Waals surface area contributed by atoms with Crippen LogP contribution in [-0.2, 0) is 28.2 Å². The van der Waals surface area contributed by atoms with Crippen LogP contribution in [0.1, 0.15) is 68.1 Å². The number of benzene rings is 2. The second-order valence-electron chi connectivity index (χ2n) is 10.9. The molecule has 2 aromatic rings. The normalized spacial score (nSPS) is 23.9. The van der Waals surface area contributed by atoms with Crippen LogP contribution in [0, 0.1) is 0 Å². The molecule has 2 aromatic carbocycles. The molecule has 0 radical (unpaired) electrons. The van der Waals surface area contributed by atoms with Gasteiger partial charge >= 0.3 is 5.97 Å². The molecule has 0 spiro atoms. The number of hydrogen-bond acceptors (Lipinski definition) is 5. The van der Waals surface area contributed by atoms with Gasteiger partial charge in [-0.3, -0.25) is 4.79 Å². The van der Waals surface area contributed by atoms with E-state index in [2.05, 4.69) is 11.0 Å². The lowest BCUT2D eigenvalue weighted by molar-refractivity contribution is -0.165. The molecule has 39 heavy (non-hydrogen) atoms. The third-order valence-corrected chi connectivity index (χ3v) is 8.27. The summed E-state index contributed by atoms with van der Waals surface area (Å²) in [6.07, 6.45) is 11.1. The number of carbonyl (C=O) groups excluding carboxylic acids is 1. The van der Waals surface area contributed by atoms with Gasteiger partial charge in [0, 0.05) is 30.7 Å². The van der Waals surface area contributed by atoms with Crippen LogP contribution in [0.2, 0.25) is 5.02 Å². The molecule has 2 bridgehead atoms. The van der Waals surface area contributed by atoms with Crippen molar-refractivity contribution >= 4 is 29.2 Å². The number of aliphatic carboxylic acids is 1. The molecule has 5 rings (SSSR count). The number of halogens is 1. The van der Waals surface area contributed by atoms with Gasteiger partial charge in [-0.15, -0.1) is 0 Å². The summed E-state index contributed by atoms with van der Waals surface area (Å²) in [5.74, 6) is -1.15. The number of amides is 1. The molecule has 0 unspecified atom stereocenters. The lowest BCUT2D eigenvalue weighted by Crippen LogP contribution is -2.43. The average molecular weight is 553 g/mol. The Labute approximate surface area is 235 Å². The van der Waals surface area contributed by atoms with E-state index in [1.165, 1.54) is 5.56 Å². The van der Waals surface area contributed by atoms with Gasteiger partial charge in [0.1, 0.15) is 12.4 Å². The van der Waals surface area contributed by atoms with E-state index >= 15 is 0 Å². The van der Waals surface area contributed by atoms with Gasteiger partial charge in [-0.25, -0.2) is 4.79 Å². The van der Waals surface area contributed by atoms with Gasteiger partial charge in [0.15, 0.2) is 5.60 Å². The number of aryl methyl sites for hydroxylation is 1. The number of carboxylic acid groups (broad SMARTS) is 1. The van der Waals surface area contributed by atoms with Crippen molar-refractivity contribution in [1.82, 2.24) is 4.90 Å². The highest BCUT2D eigenvalue weighted by atomic mass is 35.5. The Hall–Kier alpha value is -3.03. The summed E-state index contributed by atoms with van der Waals surface area (Å²) in [7, 11) is 0. The van der Waals surface area contributed by atoms with E-state index < -0.39 is 18.0 Å². The van der Waals surface area contributed by atoms with E-state index in [0.29, 0.717) is 23.9 Å². The number of fused-ring (bicyclic) bond motifs is 2. The Morgan fingerprint density at radius 3 is 2.56 bits per heavy atom. The number of allylic oxidation sites excluding steroid dienone is 1. The topological polar surface area (TPSA) is 90.3 Å². The third-order valence-electron chi connectivity index (χ3n) is 8.04. The standard InChI is InChI=1S/C31H37ClN2O5/c32-25-11-9-23-21-39-28-14-10-24-19-27(28)33(16-7-4-8-22(23)18-25)15-5-2-1-3-6-17-34(26-12-13-26)29(35)20-31(24,38)30(36)37/h3,6,9-11,14,18-19,26,38H,1-2,4-5,7-8,12-13,15-17,20-21H2,(H,36,37)/b6-3+/t31-/m1/s1. The van der Waals surface area contributed by atoms with Gasteiger partial charge in [-0.2, -0.15) is 0 Å². The Bertz CT molecular complexity index is 1240. The van der Waals surface area contributed by atoms with Gasteiger partial charge in [0.05, 0.1) is 12.1 Å². The highest BCUT2D eigenvalue weighted by Gasteiger charge is 2.44. The first-order chi connectivity index (χ1) is 18.8. The maximum Gasteiger partial charge on any atom is 0.340 e. The molecule has 2 aliphatic heterocycles. The zero-order chi connectivity index (χ0) is 27.4. The van der Waals surface area contributed by atoms with Crippen molar-refractivity contribution in [2.75, 3.05) is 24.5 Å². The number of aliphatic hydroxyl groups is 1. The molecule has 2 heterocycles. The van der Waals surface area contributed by atoms with E-state index in [4.69, 9.17) is 16.3 Å². The van der Waals surface area contributed by atoms with Crippen LogP contribution in [0.3, 0.4) is 0 Å². The summed E-state index contributed by atoms with van der Waals surface area (Å²) >= 11 is 6.28. The van der Waals surface area contributed by atoms with Crippen molar-refractivity contribution in [1.29, 1.82) is 0 Å². The average Bonchev–Trinajstić information content (AvgIpc) is 3.75. The molecule has 0 aromatic heterocycles. The fourth-order valence-electron chi connectivity index (χ4n) is 5.57. The third kappa shape index (κ3) is 6.42. The van der Waals surface area contributed by atoms with Crippen LogP contribution >= 0.6 is 11.6 Å². The van der Waals surface area contributed by atoms with Gasteiger partial charge < -0.3 is 24.7 Å². The van der Waals surface area contributed by atoms with Gasteiger partial charge in [-0.05, 0) is 92.3 Å². The van der Waals surface area contributed by atoms with E-state index in [9.17, 15) is 19.8 Å². The van der Waals surface area contributed by atoms with Crippen molar-refractivity contribution in [3.05, 3.63) is 70.3 Å². The van der Waals surface area contributed by atoms with E-state index in [0.717, 1.165) is 75.7 Å². The quantitative estimate of drug-likeness (QED) is 0.481. The Morgan fingerprint density at radius 1 is 1.00 bits per heavy atom. The summed E-state index contributed by atoms with van der Waals surface area (Å²) in [5, 5.41) is 22.4. The Kier molecular flexibility index (Phi) is 8.48. The first-order valence-corrected chi connectivity index (χ1v) is 14.4. The van der Waals surface area contributed by atoms with Crippen LogP contribution in [0.5, 0.6) is 5.75 Å². The monoisotopic (exact) mass is 552 g/mol. The molecule has 208 valence electrons. The van der Waals surface area contributed by atoms with Crippen molar-refractivity contribution < 1.29 is 24.5 Å². The smallest absolute Gasteiger partial charge is 0.340 e. The van der Waals surface area contributed by atoms with Crippen LogP contribution in [0.4, 0.5) is 5.69 Å². The molecule has 2 N–H and O–H groups in total. The summed E-state index contributed by atoms with van der Waals surface area (Å²) in [6.45, 7) is 2.35. The number of carboxylic acids is 1. The first-order valence-electron chi connectivity index (χ1n) is 14.0. The molecular formula is C31H37ClN2O5. The number of anilines is 1. The first kappa shape index (κ1) is 27.5. The van der Waals surface area contributed by atoms with Gasteiger partial charge in [-0.1, -0.05) is 35.9 Å². The van der Waals surface area contributed by atoms with Crippen LogP contribution in [-0.4, -0.2) is 52.7 Å². The van der Waals surface area contributed by atoms with Gasteiger partial charge in [0.25, 0.3) is 0 Å². The highest BCUT2D eigenvalue weighted by molar-refractivity contribution is 6.30. The molecular weight excluding hydrogens is 516 g/mol. The summed E-state index contributed by atoms with van der Waals surface area (Å²) in [5.41, 5.74) is 0.848. The largest absolute Gasteiger partial charge is 0.487 e. The van der Waals surface area contributed by atoms with Crippen molar-refractivity contribution in [2.24, 2.45) is 0 Å². The molecule has 3 aliphatic rings. The molecule has 1 saturated carbocycles. The molecule has 1 amide bonds. The van der Waals surface area contributed by atoms with E-state index in [1.807, 2.05) is 24.3 Å². The minimum Gasteiger partial charge on any atom is -0.487 e. The van der Waals surface area contributed by atoms with Crippen LogP contribution in [0.15, 0.2) is 48.6 Å². The molecule has 1 atom stereocenters. The van der Waals surface area contributed by atoms with Crippen molar-refractivity contribution in [3.8, 4) is 5.75 Å². The second-order valence-corrected chi connectivity index (χ2v) is 11.4. The molecule has 1 aliphatic carbocycles. The summed E-state index contributed by atoms with van der Waals surface area (Å²) in [4.78, 5) is 29.8. The zero-order valence-corrected chi connectivity index (χ0v) is 23.0. The SMILES string of the molecule is O=C1C[C@](O)(C(=O)O)c2ccc3c(c2)N(CCCC/C=C/CN1C1CC1)CCCCc1cc(Cl)ccc1CO3.